The molecule has 3 N–H and O–H groups in total. The monoisotopic (exact) mass is 303 g/mol. The van der Waals surface area contributed by atoms with Gasteiger partial charge in [0.1, 0.15) is 11.4 Å². The SMILES string of the molecule is CCOC(=O)NNc1[nH]c(-c2ccccc2)cc1C(=O)OC. The highest BCUT2D eigenvalue weighted by Gasteiger charge is 2.17. The van der Waals surface area contributed by atoms with Crippen LogP contribution in [0.2, 0.25) is 0 Å². The number of aromatic nitrogens is 1. The third kappa shape index (κ3) is 3.57. The van der Waals surface area contributed by atoms with Gasteiger partial charge in [-0.25, -0.2) is 15.0 Å². The number of amides is 1. The second-order valence-electron chi connectivity index (χ2n) is 4.30. The van der Waals surface area contributed by atoms with Gasteiger partial charge < -0.3 is 14.5 Å². The molecule has 1 aromatic heterocycles. The lowest BCUT2D eigenvalue weighted by atomic mass is 10.1. The maximum atomic E-state index is 11.8. The largest absolute Gasteiger partial charge is 0.465 e. The summed E-state index contributed by atoms with van der Waals surface area (Å²) in [5, 5.41) is 0. The van der Waals surface area contributed by atoms with Gasteiger partial charge in [0.2, 0.25) is 0 Å². The summed E-state index contributed by atoms with van der Waals surface area (Å²) in [6.45, 7) is 1.94. The lowest BCUT2D eigenvalue weighted by Gasteiger charge is -2.08. The van der Waals surface area contributed by atoms with Gasteiger partial charge in [-0.05, 0) is 18.6 Å². The topological polar surface area (TPSA) is 92.5 Å². The zero-order valence-electron chi connectivity index (χ0n) is 12.3. The van der Waals surface area contributed by atoms with Gasteiger partial charge in [0.05, 0.1) is 13.7 Å². The van der Waals surface area contributed by atoms with Crippen LogP contribution in [0.3, 0.4) is 0 Å². The summed E-state index contributed by atoms with van der Waals surface area (Å²) in [5.74, 6) is -0.203. The van der Waals surface area contributed by atoms with Gasteiger partial charge >= 0.3 is 12.1 Å². The Bertz CT molecular complexity index is 652. The van der Waals surface area contributed by atoms with Crippen molar-refractivity contribution < 1.29 is 19.1 Å². The molecule has 0 radical (unpaired) electrons. The van der Waals surface area contributed by atoms with E-state index in [1.165, 1.54) is 7.11 Å². The number of rotatable bonds is 5. The van der Waals surface area contributed by atoms with Crippen molar-refractivity contribution in [2.45, 2.75) is 6.92 Å². The molecule has 22 heavy (non-hydrogen) atoms. The van der Waals surface area contributed by atoms with Crippen LogP contribution in [-0.4, -0.2) is 30.8 Å². The third-order valence-corrected chi connectivity index (χ3v) is 2.87. The van der Waals surface area contributed by atoms with Crippen molar-refractivity contribution in [1.82, 2.24) is 10.4 Å². The second-order valence-corrected chi connectivity index (χ2v) is 4.30. The first kappa shape index (κ1) is 15.4. The first-order valence-corrected chi connectivity index (χ1v) is 6.71. The summed E-state index contributed by atoms with van der Waals surface area (Å²) in [5.41, 5.74) is 6.85. The van der Waals surface area contributed by atoms with Crippen LogP contribution in [0.5, 0.6) is 0 Å². The molecule has 0 bridgehead atoms. The minimum absolute atomic E-state index is 0.247. The van der Waals surface area contributed by atoms with E-state index in [4.69, 9.17) is 9.47 Å². The average Bonchev–Trinajstić information content (AvgIpc) is 2.97. The Morgan fingerprint density at radius 3 is 2.59 bits per heavy atom. The van der Waals surface area contributed by atoms with Crippen LogP contribution in [0.1, 0.15) is 17.3 Å². The molecule has 0 saturated heterocycles. The Balaban J connectivity index is 2.25. The Morgan fingerprint density at radius 2 is 1.95 bits per heavy atom. The molecule has 0 aliphatic heterocycles. The normalized spacial score (nSPS) is 9.91. The lowest BCUT2D eigenvalue weighted by molar-refractivity contribution is 0.0601. The van der Waals surface area contributed by atoms with Crippen LogP contribution in [0.15, 0.2) is 36.4 Å². The van der Waals surface area contributed by atoms with Crippen molar-refractivity contribution in [3.8, 4) is 11.3 Å². The molecule has 1 heterocycles. The van der Waals surface area contributed by atoms with Crippen LogP contribution in [0, 0.1) is 0 Å². The van der Waals surface area contributed by atoms with Crippen molar-refractivity contribution in [1.29, 1.82) is 0 Å². The van der Waals surface area contributed by atoms with E-state index in [1.807, 2.05) is 30.3 Å². The van der Waals surface area contributed by atoms with Crippen LogP contribution < -0.4 is 10.9 Å². The van der Waals surface area contributed by atoms with Crippen LogP contribution in [0.4, 0.5) is 10.6 Å². The molecule has 0 aliphatic carbocycles. The fourth-order valence-electron chi connectivity index (χ4n) is 1.88. The molecule has 0 aliphatic rings. The molecular formula is C15H17N3O4. The maximum Gasteiger partial charge on any atom is 0.425 e. The predicted octanol–water partition coefficient (Wildman–Crippen LogP) is 2.54. The number of methoxy groups -OCH3 is 1. The average molecular weight is 303 g/mol. The van der Waals surface area contributed by atoms with Gasteiger partial charge in [0.15, 0.2) is 0 Å². The zero-order valence-corrected chi connectivity index (χ0v) is 12.3. The Labute approximate surface area is 127 Å². The summed E-state index contributed by atoms with van der Waals surface area (Å²) < 4.78 is 9.48. The number of esters is 1. The maximum absolute atomic E-state index is 11.8. The van der Waals surface area contributed by atoms with Crippen LogP contribution in [0.25, 0.3) is 11.3 Å². The number of carbonyl (C=O) groups is 2. The number of hydrogen-bond acceptors (Lipinski definition) is 5. The molecule has 7 nitrogen and oxygen atoms in total. The zero-order chi connectivity index (χ0) is 15.9. The first-order valence-electron chi connectivity index (χ1n) is 6.71. The van der Waals surface area contributed by atoms with E-state index in [0.29, 0.717) is 11.5 Å². The van der Waals surface area contributed by atoms with Gasteiger partial charge in [-0.3, -0.25) is 5.43 Å². The van der Waals surface area contributed by atoms with Gasteiger partial charge in [-0.2, -0.15) is 0 Å². The third-order valence-electron chi connectivity index (χ3n) is 2.87. The molecule has 0 fully saturated rings. The molecule has 2 rings (SSSR count). The predicted molar refractivity (Wildman–Crippen MR) is 81.3 cm³/mol. The number of aromatic amines is 1. The summed E-state index contributed by atoms with van der Waals surface area (Å²) in [6, 6.07) is 11.1. The molecule has 1 amide bonds. The summed E-state index contributed by atoms with van der Waals surface area (Å²) >= 11 is 0. The summed E-state index contributed by atoms with van der Waals surface area (Å²) in [7, 11) is 1.29. The van der Waals surface area contributed by atoms with Crippen LogP contribution >= 0.6 is 0 Å². The molecular weight excluding hydrogens is 286 g/mol. The smallest absolute Gasteiger partial charge is 0.425 e. The number of nitrogens with one attached hydrogen (secondary N) is 3. The Morgan fingerprint density at radius 1 is 1.23 bits per heavy atom. The fraction of sp³-hybridized carbons (Fsp3) is 0.200. The highest BCUT2D eigenvalue weighted by Crippen LogP contribution is 2.25. The Kier molecular flexibility index (Phi) is 5.02. The molecule has 0 unspecified atom stereocenters. The highest BCUT2D eigenvalue weighted by molar-refractivity contribution is 5.97. The standard InChI is InChI=1S/C15H17N3O4/c1-3-22-15(20)18-17-13-11(14(19)21-2)9-12(16-13)10-7-5-4-6-8-10/h4-9,16-17H,3H2,1-2H3,(H,18,20). The van der Waals surface area contributed by atoms with E-state index in [1.54, 1.807) is 13.0 Å². The molecule has 116 valence electrons. The van der Waals surface area contributed by atoms with Crippen molar-refractivity contribution in [3.05, 3.63) is 42.0 Å². The summed E-state index contributed by atoms with van der Waals surface area (Å²) in [4.78, 5) is 26.2. The van der Waals surface area contributed by atoms with Crippen molar-refractivity contribution in [3.63, 3.8) is 0 Å². The number of ether oxygens (including phenoxy) is 2. The minimum Gasteiger partial charge on any atom is -0.465 e. The number of hydrazine groups is 1. The fourth-order valence-corrected chi connectivity index (χ4v) is 1.88. The molecule has 0 spiro atoms. The highest BCUT2D eigenvalue weighted by atomic mass is 16.6. The van der Waals surface area contributed by atoms with Crippen molar-refractivity contribution in [2.75, 3.05) is 19.1 Å². The quantitative estimate of drug-likeness (QED) is 0.583. The van der Waals surface area contributed by atoms with Gasteiger partial charge in [-0.15, -0.1) is 0 Å². The number of H-pyrrole nitrogens is 1. The summed E-state index contributed by atoms with van der Waals surface area (Å²) in [6.07, 6.45) is -0.644. The molecule has 0 saturated carbocycles. The Hall–Kier alpha value is -2.96. The number of hydrogen-bond donors (Lipinski definition) is 3. The van der Waals surface area contributed by atoms with E-state index in [0.717, 1.165) is 5.56 Å². The number of benzene rings is 1. The minimum atomic E-state index is -0.644. The van der Waals surface area contributed by atoms with Crippen molar-refractivity contribution in [2.24, 2.45) is 0 Å². The lowest BCUT2D eigenvalue weighted by Crippen LogP contribution is -2.30. The number of anilines is 1. The molecule has 7 heteroatoms. The van der Waals surface area contributed by atoms with Crippen LogP contribution in [-0.2, 0) is 9.47 Å². The van der Waals surface area contributed by atoms with Crippen molar-refractivity contribution >= 4 is 17.9 Å². The van der Waals surface area contributed by atoms with Gasteiger partial charge in [-0.1, -0.05) is 30.3 Å². The van der Waals surface area contributed by atoms with E-state index >= 15 is 0 Å². The second kappa shape index (κ2) is 7.16. The van der Waals surface area contributed by atoms with Gasteiger partial charge in [0, 0.05) is 5.69 Å². The molecule has 2 aromatic rings. The van der Waals surface area contributed by atoms with E-state index in [9.17, 15) is 9.59 Å². The van der Waals surface area contributed by atoms with Gasteiger partial charge in [0.25, 0.3) is 0 Å². The molecule has 0 atom stereocenters. The first-order chi connectivity index (χ1) is 10.7. The van der Waals surface area contributed by atoms with E-state index in [2.05, 4.69) is 15.8 Å². The van der Waals surface area contributed by atoms with E-state index in [-0.39, 0.29) is 12.2 Å². The molecule has 1 aromatic carbocycles. The number of carbonyl (C=O) groups excluding carboxylic acids is 2. The van der Waals surface area contributed by atoms with E-state index < -0.39 is 12.1 Å².